The molecule has 1 saturated heterocycles. The summed E-state index contributed by atoms with van der Waals surface area (Å²) in [4.78, 5) is 66.4. The van der Waals surface area contributed by atoms with Gasteiger partial charge in [0.25, 0.3) is 5.91 Å². The molecule has 0 bridgehead atoms. The van der Waals surface area contributed by atoms with E-state index in [9.17, 15) is 19.2 Å². The first kappa shape index (κ1) is 33.9. The molecular weight excluding hydrogens is 644 g/mol. The Bertz CT molecular complexity index is 2020. The van der Waals surface area contributed by atoms with Crippen molar-refractivity contribution in [2.45, 2.75) is 51.1 Å². The van der Waals surface area contributed by atoms with Gasteiger partial charge in [0.2, 0.25) is 17.7 Å². The van der Waals surface area contributed by atoms with Gasteiger partial charge in [0.05, 0.1) is 5.41 Å². The molecule has 4 amide bonds. The van der Waals surface area contributed by atoms with Crippen molar-refractivity contribution in [3.63, 3.8) is 0 Å². The summed E-state index contributed by atoms with van der Waals surface area (Å²) in [5.74, 6) is 0.146. The summed E-state index contributed by atoms with van der Waals surface area (Å²) in [7, 11) is 1.87. The van der Waals surface area contributed by atoms with Crippen molar-refractivity contribution in [1.29, 1.82) is 0 Å². The van der Waals surface area contributed by atoms with Crippen molar-refractivity contribution < 1.29 is 19.2 Å². The van der Waals surface area contributed by atoms with E-state index in [0.717, 1.165) is 27.8 Å². The van der Waals surface area contributed by atoms with E-state index in [1.165, 1.54) is 0 Å². The second kappa shape index (κ2) is 13.6. The van der Waals surface area contributed by atoms with Gasteiger partial charge in [-0.05, 0) is 85.3 Å². The summed E-state index contributed by atoms with van der Waals surface area (Å²) in [5.41, 5.74) is 10.1. The summed E-state index contributed by atoms with van der Waals surface area (Å²) < 4.78 is 0. The van der Waals surface area contributed by atoms with Crippen LogP contribution >= 0.6 is 0 Å². The molecule has 1 spiro atoms. The number of anilines is 3. The second-order valence-corrected chi connectivity index (χ2v) is 14.1. The van der Waals surface area contributed by atoms with Crippen LogP contribution in [0.4, 0.5) is 17.3 Å². The van der Waals surface area contributed by atoms with Gasteiger partial charge in [-0.3, -0.25) is 19.2 Å². The molecule has 0 unspecified atom stereocenters. The van der Waals surface area contributed by atoms with Crippen molar-refractivity contribution in [2.24, 2.45) is 5.41 Å². The number of piperidine rings is 1. The van der Waals surface area contributed by atoms with Gasteiger partial charge in [-0.1, -0.05) is 49.4 Å². The number of amides is 4. The van der Waals surface area contributed by atoms with Crippen LogP contribution in [0.3, 0.4) is 0 Å². The van der Waals surface area contributed by atoms with Gasteiger partial charge < -0.3 is 31.5 Å². The highest BCUT2D eigenvalue weighted by Crippen LogP contribution is 2.47. The number of rotatable bonds is 9. The number of nitrogens with one attached hydrogen (secondary N) is 3. The lowest BCUT2D eigenvalue weighted by Crippen LogP contribution is -2.51. The zero-order valence-electron chi connectivity index (χ0n) is 28.9. The maximum Gasteiger partial charge on any atom is 0.272 e. The number of pyridine rings is 2. The van der Waals surface area contributed by atoms with Crippen LogP contribution < -0.4 is 21.7 Å². The topological polar surface area (TPSA) is 163 Å². The molecule has 4 aromatic rings. The van der Waals surface area contributed by atoms with Crippen LogP contribution in [0.15, 0.2) is 79.0 Å². The van der Waals surface area contributed by atoms with Gasteiger partial charge >= 0.3 is 0 Å². The van der Waals surface area contributed by atoms with E-state index in [-0.39, 0.29) is 48.2 Å². The molecule has 12 heteroatoms. The van der Waals surface area contributed by atoms with Gasteiger partial charge in [-0.25, -0.2) is 9.97 Å². The Kier molecular flexibility index (Phi) is 9.02. The maximum absolute atomic E-state index is 14.5. The molecule has 51 heavy (non-hydrogen) atoms. The van der Waals surface area contributed by atoms with Crippen molar-refractivity contribution >= 4 is 41.0 Å². The molecule has 1 atom stereocenters. The minimum atomic E-state index is -0.785. The van der Waals surface area contributed by atoms with Crippen LogP contribution in [0.2, 0.25) is 0 Å². The Morgan fingerprint density at radius 1 is 0.961 bits per heavy atom. The predicted octanol–water partition coefficient (Wildman–Crippen LogP) is 3.68. The molecule has 2 aromatic heterocycles. The molecule has 1 aliphatic carbocycles. The first-order valence-electron chi connectivity index (χ1n) is 17.3. The van der Waals surface area contributed by atoms with Crippen molar-refractivity contribution in [2.75, 3.05) is 43.0 Å². The van der Waals surface area contributed by atoms with Crippen LogP contribution in [0.1, 0.15) is 58.1 Å². The Hall–Kier alpha value is -5.62. The Morgan fingerprint density at radius 2 is 1.73 bits per heavy atom. The quantitative estimate of drug-likeness (QED) is 0.207. The SMILES string of the molecule is CNCc1ccccc1CN(CC(=O)Nc1ccc2c(c1)C[C@@]1(C2)C(=O)Nc2ncccc21)C(=O)C1(C)CCN(C(=O)c2cccc(N)n2)CC1. The lowest BCUT2D eigenvalue weighted by Gasteiger charge is -2.41. The Morgan fingerprint density at radius 3 is 2.49 bits per heavy atom. The molecule has 4 heterocycles. The normalized spacial score (nSPS) is 18.5. The van der Waals surface area contributed by atoms with E-state index in [4.69, 9.17) is 5.73 Å². The molecule has 262 valence electrons. The average molecular weight is 687 g/mol. The predicted molar refractivity (Wildman–Crippen MR) is 194 cm³/mol. The first-order chi connectivity index (χ1) is 24.6. The summed E-state index contributed by atoms with van der Waals surface area (Å²) in [6.45, 7) is 3.40. The minimum absolute atomic E-state index is 0.0594. The fourth-order valence-corrected chi connectivity index (χ4v) is 7.73. The monoisotopic (exact) mass is 686 g/mol. The first-order valence-corrected chi connectivity index (χ1v) is 17.3. The number of hydrogen-bond donors (Lipinski definition) is 4. The van der Waals surface area contributed by atoms with E-state index >= 15 is 0 Å². The number of fused-ring (bicyclic) bond motifs is 3. The van der Waals surface area contributed by atoms with Crippen molar-refractivity contribution in [3.8, 4) is 0 Å². The Balaban J connectivity index is 1.07. The summed E-state index contributed by atoms with van der Waals surface area (Å²) >= 11 is 0. The molecule has 1 fully saturated rings. The molecule has 7 rings (SSSR count). The Labute approximate surface area is 296 Å². The number of carbonyl (C=O) groups excluding carboxylic acids is 4. The van der Waals surface area contributed by atoms with Gasteiger partial charge in [0.15, 0.2) is 0 Å². The maximum atomic E-state index is 14.5. The minimum Gasteiger partial charge on any atom is -0.384 e. The average Bonchev–Trinajstić information content (AvgIpc) is 3.64. The number of hydrogen-bond acceptors (Lipinski definition) is 8. The van der Waals surface area contributed by atoms with Crippen molar-refractivity contribution in [3.05, 3.63) is 113 Å². The second-order valence-electron chi connectivity index (χ2n) is 14.1. The van der Waals surface area contributed by atoms with E-state index in [1.54, 1.807) is 34.2 Å². The number of likely N-dealkylation sites (tertiary alicyclic amines) is 1. The summed E-state index contributed by atoms with van der Waals surface area (Å²) in [6.07, 6.45) is 3.62. The molecular formula is C39H42N8O4. The van der Waals surface area contributed by atoms with Gasteiger partial charge in [-0.15, -0.1) is 0 Å². The standard InChI is InChI=1S/C39H42N8O4/c1-38(14-17-46(18-15-38)35(49)31-10-5-11-32(40)44-31)37(51)47(23-27-8-4-3-7-26(27)22-41-2)24-33(48)43-29-13-12-25-20-39(21-28(25)19-29)30-9-6-16-42-34(30)45-36(39)50/h3-13,16,19,41H,14-15,17-18,20-24H2,1-2H3,(H2,40,44)(H,43,48)(H,42,45,50)/t39-/m1/s1. The van der Waals surface area contributed by atoms with Crippen LogP contribution in [-0.2, 0) is 45.7 Å². The van der Waals surface area contributed by atoms with E-state index in [2.05, 4.69) is 25.9 Å². The number of nitrogens with zero attached hydrogens (tertiary/aromatic N) is 4. The smallest absolute Gasteiger partial charge is 0.272 e. The van der Waals surface area contributed by atoms with E-state index in [1.807, 2.05) is 68.6 Å². The number of carbonyl (C=O) groups is 4. The third-order valence-corrected chi connectivity index (χ3v) is 10.6. The lowest BCUT2D eigenvalue weighted by atomic mass is 9.78. The fraction of sp³-hybridized carbons (Fsp3) is 0.333. The van der Waals surface area contributed by atoms with Gasteiger partial charge in [0.1, 0.15) is 23.9 Å². The van der Waals surface area contributed by atoms with E-state index in [0.29, 0.717) is 56.8 Å². The van der Waals surface area contributed by atoms with Crippen molar-refractivity contribution in [1.82, 2.24) is 25.1 Å². The molecule has 5 N–H and O–H groups in total. The molecule has 2 aliphatic heterocycles. The van der Waals surface area contributed by atoms with Gasteiger partial charge in [-0.2, -0.15) is 0 Å². The number of aromatic nitrogens is 2. The summed E-state index contributed by atoms with van der Waals surface area (Å²) in [6, 6.07) is 22.4. The van der Waals surface area contributed by atoms with Crippen LogP contribution in [0, 0.1) is 5.41 Å². The highest BCUT2D eigenvalue weighted by atomic mass is 16.2. The number of nitrogens with two attached hydrogens (primary N) is 1. The highest BCUT2D eigenvalue weighted by molar-refractivity contribution is 6.06. The number of nitrogen functional groups attached to an aromatic ring is 1. The summed E-state index contributed by atoms with van der Waals surface area (Å²) in [5, 5.41) is 9.15. The third-order valence-electron chi connectivity index (χ3n) is 10.6. The zero-order chi connectivity index (χ0) is 35.8. The lowest BCUT2D eigenvalue weighted by molar-refractivity contribution is -0.146. The largest absolute Gasteiger partial charge is 0.384 e. The molecule has 3 aliphatic rings. The number of benzene rings is 2. The molecule has 0 saturated carbocycles. The molecule has 2 aromatic carbocycles. The highest BCUT2D eigenvalue weighted by Gasteiger charge is 2.51. The molecule has 12 nitrogen and oxygen atoms in total. The van der Waals surface area contributed by atoms with Crippen LogP contribution in [0.25, 0.3) is 0 Å². The van der Waals surface area contributed by atoms with E-state index < -0.39 is 10.8 Å². The van der Waals surface area contributed by atoms with Crippen LogP contribution in [0.5, 0.6) is 0 Å². The van der Waals surface area contributed by atoms with Gasteiger partial charge in [0, 0.05) is 49.0 Å². The third kappa shape index (κ3) is 6.54. The molecule has 0 radical (unpaired) electrons. The fourth-order valence-electron chi connectivity index (χ4n) is 7.73. The van der Waals surface area contributed by atoms with Crippen LogP contribution in [-0.4, -0.2) is 70.1 Å². The zero-order valence-corrected chi connectivity index (χ0v) is 28.9.